The van der Waals surface area contributed by atoms with E-state index in [-0.39, 0.29) is 5.56 Å². The first-order valence-electron chi connectivity index (χ1n) is 10.5. The van der Waals surface area contributed by atoms with Gasteiger partial charge in [0, 0.05) is 6.42 Å². The number of amides is 1. The molecular weight excluding hydrogens is 459 g/mol. The second-order valence-corrected chi connectivity index (χ2v) is 8.58. The maximum Gasteiger partial charge on any atom is 0.338 e. The van der Waals surface area contributed by atoms with Crippen LogP contribution in [0.2, 0.25) is 0 Å². The fourth-order valence-corrected chi connectivity index (χ4v) is 4.37. The molecule has 0 N–H and O–H groups in total. The highest BCUT2D eigenvalue weighted by atomic mass is 32.1. The van der Waals surface area contributed by atoms with Crippen LogP contribution >= 0.6 is 11.3 Å². The van der Waals surface area contributed by atoms with E-state index in [1.54, 1.807) is 33.3 Å². The quantitative estimate of drug-likeness (QED) is 0.455. The monoisotopic (exact) mass is 482 g/mol. The molecule has 0 fully saturated rings. The number of aryl methyl sites for hydroxylation is 1. The van der Waals surface area contributed by atoms with Crippen LogP contribution in [0.15, 0.2) is 59.0 Å². The maximum atomic E-state index is 13.8. The van der Waals surface area contributed by atoms with Crippen molar-refractivity contribution in [2.45, 2.75) is 19.4 Å². The molecule has 2 aromatic carbocycles. The molecule has 176 valence electrons. The number of rotatable bonds is 7. The van der Waals surface area contributed by atoms with E-state index in [9.17, 15) is 14.0 Å². The Labute approximate surface area is 200 Å². The van der Waals surface area contributed by atoms with Crippen molar-refractivity contribution in [3.8, 4) is 11.5 Å². The van der Waals surface area contributed by atoms with E-state index in [1.165, 1.54) is 28.5 Å². The fraction of sp³-hybridized carbons (Fsp3) is 0.240. The van der Waals surface area contributed by atoms with Gasteiger partial charge < -0.3 is 14.2 Å². The van der Waals surface area contributed by atoms with E-state index in [0.717, 1.165) is 22.2 Å². The van der Waals surface area contributed by atoms with Crippen molar-refractivity contribution in [1.82, 2.24) is 5.01 Å². The molecule has 1 atom stereocenters. The fourth-order valence-electron chi connectivity index (χ4n) is 3.65. The molecule has 7 nitrogen and oxygen atoms in total. The summed E-state index contributed by atoms with van der Waals surface area (Å²) in [5.41, 5.74) is 2.01. The minimum absolute atomic E-state index is 0.0385. The van der Waals surface area contributed by atoms with E-state index >= 15 is 0 Å². The molecule has 3 aromatic rings. The van der Waals surface area contributed by atoms with Crippen molar-refractivity contribution in [3.05, 3.63) is 81.3 Å². The Morgan fingerprint density at radius 2 is 1.91 bits per heavy atom. The lowest BCUT2D eigenvalue weighted by molar-refractivity contribution is -0.136. The molecule has 0 saturated heterocycles. The zero-order valence-electron chi connectivity index (χ0n) is 18.9. The molecule has 1 aliphatic heterocycles. The molecular formula is C25H23FN2O5S. The number of hydrazone groups is 1. The van der Waals surface area contributed by atoms with Crippen molar-refractivity contribution in [3.63, 3.8) is 0 Å². The number of hydrogen-bond donors (Lipinski definition) is 0. The minimum atomic E-state index is -0.781. The van der Waals surface area contributed by atoms with Gasteiger partial charge in [-0.1, -0.05) is 18.2 Å². The number of benzene rings is 2. The predicted molar refractivity (Wildman–Crippen MR) is 126 cm³/mol. The molecule has 2 heterocycles. The molecule has 34 heavy (non-hydrogen) atoms. The summed E-state index contributed by atoms with van der Waals surface area (Å²) in [6.45, 7) is 1.07. The predicted octanol–water partition coefficient (Wildman–Crippen LogP) is 4.75. The van der Waals surface area contributed by atoms with Crippen LogP contribution in [0.5, 0.6) is 11.5 Å². The van der Waals surface area contributed by atoms with Gasteiger partial charge in [-0.25, -0.2) is 14.2 Å². The number of thiophene rings is 1. The molecule has 9 heteroatoms. The normalized spacial score (nSPS) is 15.1. The van der Waals surface area contributed by atoms with Gasteiger partial charge in [-0.15, -0.1) is 11.3 Å². The third kappa shape index (κ3) is 4.79. The van der Waals surface area contributed by atoms with E-state index < -0.39 is 30.3 Å². The minimum Gasteiger partial charge on any atom is -0.493 e. The third-order valence-electron chi connectivity index (χ3n) is 5.50. The van der Waals surface area contributed by atoms with Crippen LogP contribution in [0.4, 0.5) is 4.39 Å². The van der Waals surface area contributed by atoms with Crippen LogP contribution in [0, 0.1) is 12.7 Å². The lowest BCUT2D eigenvalue weighted by atomic mass is 10.0. The van der Waals surface area contributed by atoms with Gasteiger partial charge in [-0.3, -0.25) is 4.79 Å². The second-order valence-electron chi connectivity index (χ2n) is 7.64. The number of esters is 1. The molecule has 1 unspecified atom stereocenters. The van der Waals surface area contributed by atoms with Gasteiger partial charge in [-0.2, -0.15) is 5.10 Å². The molecule has 0 spiro atoms. The summed E-state index contributed by atoms with van der Waals surface area (Å²) < 4.78 is 29.7. The number of halogens is 1. The first kappa shape index (κ1) is 23.4. The van der Waals surface area contributed by atoms with E-state index in [4.69, 9.17) is 14.2 Å². The standard InChI is InChI=1S/C25H23FN2O5S/c1-15-6-7-17(11-18(15)26)25(30)33-14-24(29)28-20(13-19(27-28)23-5-4-10-34-23)16-8-9-21(31-2)22(12-16)32-3/h4-12,20H,13-14H2,1-3H3. The van der Waals surface area contributed by atoms with E-state index in [2.05, 4.69) is 5.10 Å². The molecule has 0 bridgehead atoms. The Balaban J connectivity index is 1.56. The molecule has 1 amide bonds. The Bertz CT molecular complexity index is 1240. The first-order valence-corrected chi connectivity index (χ1v) is 11.4. The van der Waals surface area contributed by atoms with Gasteiger partial charge in [0.15, 0.2) is 18.1 Å². The Morgan fingerprint density at radius 1 is 1.12 bits per heavy atom. The number of carbonyl (C=O) groups excluding carboxylic acids is 2. The molecule has 0 aliphatic carbocycles. The largest absolute Gasteiger partial charge is 0.493 e. The van der Waals surface area contributed by atoms with Crippen LogP contribution in [-0.4, -0.2) is 43.4 Å². The van der Waals surface area contributed by atoms with Crippen molar-refractivity contribution in [2.24, 2.45) is 5.10 Å². The zero-order valence-corrected chi connectivity index (χ0v) is 19.7. The van der Waals surface area contributed by atoms with E-state index in [1.807, 2.05) is 23.6 Å². The van der Waals surface area contributed by atoms with Gasteiger partial charge in [0.1, 0.15) is 5.82 Å². The number of ether oxygens (including phenoxy) is 3. The lowest BCUT2D eigenvalue weighted by Gasteiger charge is -2.22. The summed E-state index contributed by atoms with van der Waals surface area (Å²) in [5.74, 6) is -0.687. The SMILES string of the molecule is COc1ccc(C2CC(c3cccs3)=NN2C(=O)COC(=O)c2ccc(C)c(F)c2)cc1OC. The highest BCUT2D eigenvalue weighted by Crippen LogP contribution is 2.37. The average Bonchev–Trinajstić information content (AvgIpc) is 3.54. The van der Waals surface area contributed by atoms with Crippen LogP contribution in [0.3, 0.4) is 0 Å². The Morgan fingerprint density at radius 3 is 2.59 bits per heavy atom. The molecule has 4 rings (SSSR count). The van der Waals surface area contributed by atoms with Gasteiger partial charge in [0.2, 0.25) is 0 Å². The molecule has 0 saturated carbocycles. The number of methoxy groups -OCH3 is 2. The van der Waals surface area contributed by atoms with Crippen LogP contribution in [0.1, 0.15) is 38.8 Å². The topological polar surface area (TPSA) is 77.4 Å². The maximum absolute atomic E-state index is 13.8. The Hall–Kier alpha value is -3.72. The third-order valence-corrected chi connectivity index (χ3v) is 6.42. The first-order chi connectivity index (χ1) is 16.4. The average molecular weight is 483 g/mol. The van der Waals surface area contributed by atoms with Crippen molar-refractivity contribution >= 4 is 28.9 Å². The van der Waals surface area contributed by atoms with Gasteiger partial charge in [-0.05, 0) is 53.8 Å². The highest BCUT2D eigenvalue weighted by Gasteiger charge is 2.34. The van der Waals surface area contributed by atoms with Crippen LogP contribution in [0.25, 0.3) is 0 Å². The summed E-state index contributed by atoms with van der Waals surface area (Å²) in [6, 6.07) is 12.9. The molecule has 1 aromatic heterocycles. The summed E-state index contributed by atoms with van der Waals surface area (Å²) in [5, 5.41) is 7.82. The van der Waals surface area contributed by atoms with Crippen molar-refractivity contribution < 1.29 is 28.2 Å². The number of nitrogens with zero attached hydrogens (tertiary/aromatic N) is 2. The van der Waals surface area contributed by atoms with Crippen molar-refractivity contribution in [2.75, 3.05) is 20.8 Å². The summed E-state index contributed by atoms with van der Waals surface area (Å²) >= 11 is 1.53. The molecule has 0 radical (unpaired) electrons. The van der Waals surface area contributed by atoms with E-state index in [0.29, 0.717) is 23.5 Å². The highest BCUT2D eigenvalue weighted by molar-refractivity contribution is 7.12. The van der Waals surface area contributed by atoms with Crippen LogP contribution < -0.4 is 9.47 Å². The second kappa shape index (κ2) is 10.0. The summed E-state index contributed by atoms with van der Waals surface area (Å²) in [7, 11) is 3.09. The molecule has 1 aliphatic rings. The van der Waals surface area contributed by atoms with Crippen molar-refractivity contribution in [1.29, 1.82) is 0 Å². The van der Waals surface area contributed by atoms with Crippen LogP contribution in [-0.2, 0) is 9.53 Å². The smallest absolute Gasteiger partial charge is 0.338 e. The van der Waals surface area contributed by atoms with Gasteiger partial charge in [0.25, 0.3) is 5.91 Å². The number of carbonyl (C=O) groups is 2. The van der Waals surface area contributed by atoms with Gasteiger partial charge in [0.05, 0.1) is 36.4 Å². The van der Waals surface area contributed by atoms with Gasteiger partial charge >= 0.3 is 5.97 Å². The summed E-state index contributed by atoms with van der Waals surface area (Å²) in [4.78, 5) is 26.4. The number of hydrogen-bond acceptors (Lipinski definition) is 7. The summed E-state index contributed by atoms with van der Waals surface area (Å²) in [6.07, 6.45) is 0.485. The Kier molecular flexibility index (Phi) is 6.93. The zero-order chi connectivity index (χ0) is 24.2. The lowest BCUT2D eigenvalue weighted by Crippen LogP contribution is -2.31.